The van der Waals surface area contributed by atoms with Crippen molar-refractivity contribution < 1.29 is 37.6 Å². The molecule has 2 N–H and O–H groups in total. The van der Waals surface area contributed by atoms with Crippen molar-refractivity contribution in [2.75, 3.05) is 14.2 Å². The zero-order valence-corrected chi connectivity index (χ0v) is 27.5. The third-order valence-corrected chi connectivity index (χ3v) is 7.87. The van der Waals surface area contributed by atoms with Crippen LogP contribution in [0.3, 0.4) is 0 Å². The van der Waals surface area contributed by atoms with Crippen LogP contribution >= 0.6 is 0 Å². The number of amides is 1. The molecule has 1 aromatic rings. The number of Topliss-reactive ketones (excluding diaryl/α,β-unsaturated/α-hetero) is 1. The van der Waals surface area contributed by atoms with Gasteiger partial charge >= 0.3 is 19.2 Å². The number of nitrogens with one attached hydrogen (secondary N) is 2. The third-order valence-electron chi connectivity index (χ3n) is 7.87. The number of ketones is 1. The molecule has 3 atom stereocenters. The maximum absolute atomic E-state index is 14.6. The summed E-state index contributed by atoms with van der Waals surface area (Å²) >= 11 is 0. The third kappa shape index (κ3) is 10.4. The van der Waals surface area contributed by atoms with Crippen LogP contribution in [-0.2, 0) is 34.8 Å². The van der Waals surface area contributed by atoms with Crippen molar-refractivity contribution in [3.63, 3.8) is 0 Å². The number of esters is 1. The van der Waals surface area contributed by atoms with Crippen LogP contribution in [0.4, 0.5) is 9.18 Å². The predicted octanol–water partition coefficient (Wildman–Crippen LogP) is 4.90. The average molecular weight is 605 g/mol. The topological polar surface area (TPSA) is 112 Å². The minimum Gasteiger partial charge on any atom is -0.468 e. The molecule has 1 amide bonds. The summed E-state index contributed by atoms with van der Waals surface area (Å²) in [6.07, 6.45) is 0.244. The van der Waals surface area contributed by atoms with Gasteiger partial charge in [0, 0.05) is 6.42 Å². The van der Waals surface area contributed by atoms with Gasteiger partial charge in [-0.2, -0.15) is 0 Å². The highest BCUT2D eigenvalue weighted by molar-refractivity contribution is 6.62. The number of hydrogen-bond donors (Lipinski definition) is 2. The lowest BCUT2D eigenvalue weighted by Crippen LogP contribution is -2.45. The Bertz CT molecular complexity index is 1150. The van der Waals surface area contributed by atoms with Crippen LogP contribution in [0.2, 0.25) is 0 Å². The van der Waals surface area contributed by atoms with Crippen molar-refractivity contribution >= 4 is 30.4 Å². The van der Waals surface area contributed by atoms with E-state index in [1.54, 1.807) is 40.0 Å². The summed E-state index contributed by atoms with van der Waals surface area (Å²) < 4.78 is 37.3. The first-order valence-electron chi connectivity index (χ1n) is 14.9. The first-order valence-corrected chi connectivity index (χ1v) is 14.9. The van der Waals surface area contributed by atoms with E-state index in [1.165, 1.54) is 14.0 Å². The molecule has 1 heterocycles. The molecule has 1 unspecified atom stereocenters. The van der Waals surface area contributed by atoms with E-state index >= 15 is 0 Å². The second kappa shape index (κ2) is 14.8. The van der Waals surface area contributed by atoms with E-state index in [1.807, 2.05) is 33.8 Å². The molecule has 0 bridgehead atoms. The first-order chi connectivity index (χ1) is 19.8. The first kappa shape index (κ1) is 36.4. The molecular weight excluding hydrogens is 554 g/mol. The molecule has 240 valence electrons. The van der Waals surface area contributed by atoms with Crippen LogP contribution in [0.25, 0.3) is 0 Å². The Kier molecular flexibility index (Phi) is 12.6. The number of ether oxygens (including phenoxy) is 2. The fraction of sp³-hybridized carbons (Fsp3) is 0.656. The summed E-state index contributed by atoms with van der Waals surface area (Å²) in [6.45, 7) is 18.4. The molecule has 1 aliphatic rings. The monoisotopic (exact) mass is 604 g/mol. The van der Waals surface area contributed by atoms with Crippen molar-refractivity contribution in [3.05, 3.63) is 41.5 Å². The van der Waals surface area contributed by atoms with Gasteiger partial charge in [0.05, 0.1) is 24.4 Å². The maximum atomic E-state index is 14.6. The molecule has 0 aromatic heterocycles. The number of hydrogen-bond acceptors (Lipinski definition) is 8. The summed E-state index contributed by atoms with van der Waals surface area (Å²) in [7, 11) is 2.30. The Morgan fingerprint density at radius 3 is 2.16 bits per heavy atom. The van der Waals surface area contributed by atoms with Crippen molar-refractivity contribution in [1.29, 1.82) is 0 Å². The minimum atomic E-state index is -1.28. The normalized spacial score (nSPS) is 18.0. The van der Waals surface area contributed by atoms with Crippen molar-refractivity contribution in [1.82, 2.24) is 10.6 Å². The fourth-order valence-corrected chi connectivity index (χ4v) is 4.68. The van der Waals surface area contributed by atoms with E-state index in [2.05, 4.69) is 17.2 Å². The number of benzene rings is 1. The average Bonchev–Trinajstić information content (AvgIpc) is 3.12. The lowest BCUT2D eigenvalue weighted by molar-refractivity contribution is -0.143. The number of unbranched alkanes of at least 4 members (excludes halogenated alkanes) is 1. The smallest absolute Gasteiger partial charge is 0.468 e. The number of alkyl carbamates (subject to hydrolysis) is 1. The van der Waals surface area contributed by atoms with Crippen LogP contribution in [0, 0.1) is 0 Å². The van der Waals surface area contributed by atoms with Crippen LogP contribution in [0.15, 0.2) is 30.4 Å². The predicted molar refractivity (Wildman–Crippen MR) is 166 cm³/mol. The largest absolute Gasteiger partial charge is 0.494 e. The Hall–Kier alpha value is -2.76. The van der Waals surface area contributed by atoms with E-state index in [-0.39, 0.29) is 18.2 Å². The lowest BCUT2D eigenvalue weighted by Gasteiger charge is -2.32. The molecule has 43 heavy (non-hydrogen) atoms. The number of rotatable bonds is 14. The molecular formula is C32H50BFN2O7. The van der Waals surface area contributed by atoms with E-state index in [4.69, 9.17) is 18.8 Å². The highest BCUT2D eigenvalue weighted by Gasteiger charge is 2.51. The van der Waals surface area contributed by atoms with Crippen molar-refractivity contribution in [3.8, 4) is 0 Å². The Morgan fingerprint density at radius 1 is 1.05 bits per heavy atom. The van der Waals surface area contributed by atoms with Crippen LogP contribution in [0.5, 0.6) is 0 Å². The molecule has 1 fully saturated rings. The van der Waals surface area contributed by atoms with Gasteiger partial charge in [0.1, 0.15) is 17.8 Å². The maximum Gasteiger partial charge on any atom is 0.494 e. The molecule has 1 saturated heterocycles. The Morgan fingerprint density at radius 2 is 1.65 bits per heavy atom. The van der Waals surface area contributed by atoms with Crippen LogP contribution < -0.4 is 16.1 Å². The summed E-state index contributed by atoms with van der Waals surface area (Å²) in [5.74, 6) is -0.691. The zero-order chi connectivity index (χ0) is 32.8. The van der Waals surface area contributed by atoms with Crippen LogP contribution in [-0.4, -0.2) is 68.0 Å². The zero-order valence-electron chi connectivity index (χ0n) is 27.5. The van der Waals surface area contributed by atoms with Crippen LogP contribution in [0.1, 0.15) is 98.4 Å². The molecule has 0 radical (unpaired) electrons. The second-order valence-corrected chi connectivity index (χ2v) is 13.2. The number of likely N-dealkylation sites (N-methyl/N-ethyl adjacent to an activating group) is 1. The summed E-state index contributed by atoms with van der Waals surface area (Å²) in [6, 6.07) is 3.78. The quantitative estimate of drug-likeness (QED) is 0.134. The standard InChI is InChI=1S/C32H50BFN2O7/c1-20(14-12-13-15-25(35-10)28(38)40-11)27(37)26(36-29(39)41-30(3,4)5)18-22-16-23(21(2)34)19-24(17-22)33-42-31(6,7)32(8,9)43-33/h16-17,19,21,25-26,35H,1,12-15,18H2,2-11H3,(H,36,39)/t21?,25-,26-/m0/s1. The molecule has 2 rings (SSSR count). The molecule has 0 spiro atoms. The van der Waals surface area contributed by atoms with E-state index in [9.17, 15) is 18.8 Å². The van der Waals surface area contributed by atoms with Crippen molar-refractivity contribution in [2.24, 2.45) is 0 Å². The number of carbonyl (C=O) groups is 3. The molecule has 1 aromatic carbocycles. The molecule has 11 heteroatoms. The summed E-state index contributed by atoms with van der Waals surface area (Å²) in [5.41, 5.74) is 0.0506. The van der Waals surface area contributed by atoms with E-state index < -0.39 is 48.3 Å². The van der Waals surface area contributed by atoms with Gasteiger partial charge in [0.2, 0.25) is 0 Å². The fourth-order valence-electron chi connectivity index (χ4n) is 4.68. The highest BCUT2D eigenvalue weighted by atomic mass is 19.1. The molecule has 0 aliphatic carbocycles. The molecule has 0 saturated carbocycles. The number of carbonyl (C=O) groups excluding carboxylic acids is 3. The summed E-state index contributed by atoms with van der Waals surface area (Å²) in [4.78, 5) is 38.2. The summed E-state index contributed by atoms with van der Waals surface area (Å²) in [5, 5.41) is 5.63. The van der Waals surface area contributed by atoms with Gasteiger partial charge < -0.3 is 29.4 Å². The second-order valence-electron chi connectivity index (χ2n) is 13.2. The van der Waals surface area contributed by atoms with Gasteiger partial charge in [0.15, 0.2) is 5.78 Å². The van der Waals surface area contributed by atoms with Gasteiger partial charge in [0.25, 0.3) is 0 Å². The van der Waals surface area contributed by atoms with E-state index in [0.29, 0.717) is 47.8 Å². The minimum absolute atomic E-state index is 0.0777. The number of halogens is 1. The highest BCUT2D eigenvalue weighted by Crippen LogP contribution is 2.36. The number of methoxy groups -OCH3 is 1. The van der Waals surface area contributed by atoms with Gasteiger partial charge in [-0.05, 0) is 104 Å². The SMILES string of the molecule is C=C(CCCC[C@H](NC)C(=O)OC)C(=O)[C@H](Cc1cc(B2OC(C)(C)C(C)(C)O2)cc(C(C)F)c1)NC(=O)OC(C)(C)C. The van der Waals surface area contributed by atoms with E-state index in [0.717, 1.165) is 0 Å². The molecule has 1 aliphatic heterocycles. The van der Waals surface area contributed by atoms with Gasteiger partial charge in [-0.25, -0.2) is 9.18 Å². The molecule has 9 nitrogen and oxygen atoms in total. The van der Waals surface area contributed by atoms with Gasteiger partial charge in [-0.3, -0.25) is 9.59 Å². The van der Waals surface area contributed by atoms with Gasteiger partial charge in [-0.1, -0.05) is 31.2 Å². The Labute approximate surface area is 256 Å². The van der Waals surface area contributed by atoms with Gasteiger partial charge in [-0.15, -0.1) is 0 Å². The number of alkyl halides is 1. The Balaban J connectivity index is 2.29. The lowest BCUT2D eigenvalue weighted by atomic mass is 9.76. The van der Waals surface area contributed by atoms with Crippen molar-refractivity contribution in [2.45, 2.75) is 123 Å².